The van der Waals surface area contributed by atoms with E-state index in [2.05, 4.69) is 10.3 Å². The smallest absolute Gasteiger partial charge is 0.251 e. The molecule has 1 heterocycles. The fourth-order valence-electron chi connectivity index (χ4n) is 3.09. The highest BCUT2D eigenvalue weighted by molar-refractivity contribution is 5.96. The zero-order chi connectivity index (χ0) is 21.0. The van der Waals surface area contributed by atoms with E-state index in [1.54, 1.807) is 24.4 Å². The van der Waals surface area contributed by atoms with Crippen LogP contribution in [0.3, 0.4) is 0 Å². The summed E-state index contributed by atoms with van der Waals surface area (Å²) in [6.07, 6.45) is 0.704. The minimum absolute atomic E-state index is 0.218. The molecule has 0 aliphatic heterocycles. The lowest BCUT2D eigenvalue weighted by atomic mass is 9.96. The fraction of sp³-hybridized carbons (Fsp3) is 0.250. The van der Waals surface area contributed by atoms with Gasteiger partial charge in [0.15, 0.2) is 0 Å². The largest absolute Gasteiger partial charge is 0.393 e. The second-order valence-electron chi connectivity index (χ2n) is 7.34. The molecule has 0 saturated carbocycles. The lowest BCUT2D eigenvalue weighted by molar-refractivity contribution is 0.0928. The number of amides is 1. The van der Waals surface area contributed by atoms with E-state index in [9.17, 15) is 15.0 Å². The third-order valence-corrected chi connectivity index (χ3v) is 4.94. The summed E-state index contributed by atoms with van der Waals surface area (Å²) in [6, 6.07) is 16.8. The van der Waals surface area contributed by atoms with E-state index in [-0.39, 0.29) is 11.9 Å². The quantitative estimate of drug-likeness (QED) is 0.596. The molecule has 0 spiro atoms. The average Bonchev–Trinajstić information content (AvgIpc) is 2.73. The van der Waals surface area contributed by atoms with Crippen LogP contribution in [0.1, 0.15) is 51.8 Å². The van der Waals surface area contributed by atoms with Crippen LogP contribution in [0.2, 0.25) is 0 Å². The van der Waals surface area contributed by atoms with Crippen LogP contribution in [0.5, 0.6) is 0 Å². The van der Waals surface area contributed by atoms with Crippen molar-refractivity contribution in [2.45, 2.75) is 32.9 Å². The van der Waals surface area contributed by atoms with Gasteiger partial charge in [0, 0.05) is 17.5 Å². The van der Waals surface area contributed by atoms with Crippen LogP contribution in [0.25, 0.3) is 11.1 Å². The molecule has 0 radical (unpaired) electrons. The number of nitrogens with zero attached hydrogens (tertiary/aromatic N) is 1. The van der Waals surface area contributed by atoms with Gasteiger partial charge in [0.05, 0.1) is 12.6 Å². The summed E-state index contributed by atoms with van der Waals surface area (Å²) in [7, 11) is 0. The van der Waals surface area contributed by atoms with Crippen LogP contribution >= 0.6 is 0 Å². The van der Waals surface area contributed by atoms with Crippen molar-refractivity contribution in [2.75, 3.05) is 6.61 Å². The van der Waals surface area contributed by atoms with Gasteiger partial charge in [-0.2, -0.15) is 0 Å². The summed E-state index contributed by atoms with van der Waals surface area (Å²) < 4.78 is 0. The number of nitrogens with one attached hydrogen (secondary N) is 1. The fourth-order valence-corrected chi connectivity index (χ4v) is 3.09. The molecule has 3 rings (SSSR count). The van der Waals surface area contributed by atoms with E-state index in [0.29, 0.717) is 11.1 Å². The predicted molar refractivity (Wildman–Crippen MR) is 114 cm³/mol. The Morgan fingerprint density at radius 2 is 1.72 bits per heavy atom. The third kappa shape index (κ3) is 5.08. The Bertz CT molecular complexity index is 982. The Balaban J connectivity index is 1.92. The average molecular weight is 390 g/mol. The van der Waals surface area contributed by atoms with Crippen molar-refractivity contribution in [1.29, 1.82) is 0 Å². The molecule has 1 amide bonds. The van der Waals surface area contributed by atoms with E-state index in [1.807, 2.05) is 57.2 Å². The number of aryl methyl sites for hydroxylation is 2. The Kier molecular flexibility index (Phi) is 6.42. The molecule has 5 heteroatoms. The molecule has 0 saturated heterocycles. The molecule has 3 N–H and O–H groups in total. The highest BCUT2D eigenvalue weighted by Gasteiger charge is 2.16. The lowest BCUT2D eigenvalue weighted by Crippen LogP contribution is -2.27. The number of hydrogen-bond acceptors (Lipinski definition) is 4. The molecule has 1 unspecified atom stereocenters. The Labute approximate surface area is 171 Å². The number of hydrogen-bond donors (Lipinski definition) is 3. The molecule has 2 aromatic carbocycles. The number of carbonyl (C=O) groups excluding carboxylic acids is 1. The van der Waals surface area contributed by atoms with Crippen LogP contribution in [0.4, 0.5) is 0 Å². The molecule has 0 fully saturated rings. The van der Waals surface area contributed by atoms with Crippen LogP contribution in [-0.2, 0) is 0 Å². The number of pyridine rings is 1. The van der Waals surface area contributed by atoms with Gasteiger partial charge in [-0.25, -0.2) is 0 Å². The van der Waals surface area contributed by atoms with E-state index in [4.69, 9.17) is 0 Å². The second-order valence-corrected chi connectivity index (χ2v) is 7.34. The first kappa shape index (κ1) is 20.7. The zero-order valence-electron chi connectivity index (χ0n) is 16.9. The van der Waals surface area contributed by atoms with Gasteiger partial charge in [0.2, 0.25) is 0 Å². The zero-order valence-corrected chi connectivity index (χ0v) is 16.9. The molecule has 0 bridgehead atoms. The van der Waals surface area contributed by atoms with Crippen LogP contribution in [0, 0.1) is 13.8 Å². The number of benzene rings is 2. The molecule has 2 atom stereocenters. The maximum Gasteiger partial charge on any atom is 0.251 e. The standard InChI is InChI=1S/C24H26N2O3/c1-15-4-7-18(8-5-15)20-10-21(23(28)14-27)12-22(11-20)24(29)26-17(3)19-9-6-16(2)25-13-19/h4-13,17,23,27-28H,14H2,1-3H3,(H,26,29)/t17-,23?/m1/s1. The van der Waals surface area contributed by atoms with E-state index < -0.39 is 12.7 Å². The Hall–Kier alpha value is -3.02. The second kappa shape index (κ2) is 8.99. The van der Waals surface area contributed by atoms with Crippen molar-refractivity contribution in [3.05, 3.63) is 88.7 Å². The number of aromatic nitrogens is 1. The number of carbonyl (C=O) groups is 1. The van der Waals surface area contributed by atoms with Crippen LogP contribution < -0.4 is 5.32 Å². The summed E-state index contributed by atoms with van der Waals surface area (Å²) in [4.78, 5) is 17.2. The summed E-state index contributed by atoms with van der Waals surface area (Å²) in [5, 5.41) is 22.5. The van der Waals surface area contributed by atoms with Gasteiger partial charge in [-0.15, -0.1) is 0 Å². The van der Waals surface area contributed by atoms with E-state index >= 15 is 0 Å². The summed E-state index contributed by atoms with van der Waals surface area (Å²) in [6.45, 7) is 5.41. The first-order valence-electron chi connectivity index (χ1n) is 9.61. The number of aliphatic hydroxyl groups excluding tert-OH is 2. The first-order chi connectivity index (χ1) is 13.9. The van der Waals surface area contributed by atoms with Crippen molar-refractivity contribution in [3.63, 3.8) is 0 Å². The molecular formula is C24H26N2O3. The Morgan fingerprint density at radius 1 is 1.00 bits per heavy atom. The highest BCUT2D eigenvalue weighted by atomic mass is 16.3. The molecule has 150 valence electrons. The van der Waals surface area contributed by atoms with Crippen molar-refractivity contribution >= 4 is 5.91 Å². The van der Waals surface area contributed by atoms with Gasteiger partial charge in [0.1, 0.15) is 6.10 Å². The molecular weight excluding hydrogens is 364 g/mol. The van der Waals surface area contributed by atoms with Crippen LogP contribution in [-0.4, -0.2) is 27.7 Å². The van der Waals surface area contributed by atoms with Crippen LogP contribution in [0.15, 0.2) is 60.8 Å². The predicted octanol–water partition coefficient (Wildman–Crippen LogP) is 3.88. The van der Waals surface area contributed by atoms with Gasteiger partial charge in [-0.3, -0.25) is 9.78 Å². The summed E-state index contributed by atoms with van der Waals surface area (Å²) in [5.41, 5.74) is 5.64. The molecule has 1 aromatic heterocycles. The topological polar surface area (TPSA) is 82.5 Å². The summed E-state index contributed by atoms with van der Waals surface area (Å²) in [5.74, 6) is -0.251. The van der Waals surface area contributed by atoms with Crippen molar-refractivity contribution < 1.29 is 15.0 Å². The molecule has 29 heavy (non-hydrogen) atoms. The van der Waals surface area contributed by atoms with Gasteiger partial charge in [-0.05, 0) is 67.3 Å². The molecule has 0 aliphatic rings. The summed E-state index contributed by atoms with van der Waals surface area (Å²) >= 11 is 0. The maximum atomic E-state index is 12.9. The van der Waals surface area contributed by atoms with Crippen molar-refractivity contribution in [2.24, 2.45) is 0 Å². The van der Waals surface area contributed by atoms with Gasteiger partial charge in [-0.1, -0.05) is 35.9 Å². The molecule has 3 aromatic rings. The highest BCUT2D eigenvalue weighted by Crippen LogP contribution is 2.26. The minimum atomic E-state index is -1.05. The SMILES string of the molecule is Cc1ccc(-c2cc(C(=O)N[C@H](C)c3ccc(C)nc3)cc(C(O)CO)c2)cc1. The van der Waals surface area contributed by atoms with Gasteiger partial charge < -0.3 is 15.5 Å². The van der Waals surface area contributed by atoms with Gasteiger partial charge >= 0.3 is 0 Å². The number of rotatable bonds is 6. The number of aliphatic hydroxyl groups is 2. The van der Waals surface area contributed by atoms with Crippen molar-refractivity contribution in [1.82, 2.24) is 10.3 Å². The van der Waals surface area contributed by atoms with Gasteiger partial charge in [0.25, 0.3) is 5.91 Å². The third-order valence-electron chi connectivity index (χ3n) is 4.94. The Morgan fingerprint density at radius 3 is 2.34 bits per heavy atom. The molecule has 0 aliphatic carbocycles. The van der Waals surface area contributed by atoms with Crippen molar-refractivity contribution in [3.8, 4) is 11.1 Å². The normalized spacial score (nSPS) is 13.0. The molecule has 5 nitrogen and oxygen atoms in total. The van der Waals surface area contributed by atoms with E-state index in [1.165, 1.54) is 0 Å². The van der Waals surface area contributed by atoms with E-state index in [0.717, 1.165) is 27.9 Å². The minimum Gasteiger partial charge on any atom is -0.393 e. The monoisotopic (exact) mass is 390 g/mol. The first-order valence-corrected chi connectivity index (χ1v) is 9.61. The maximum absolute atomic E-state index is 12.9. The lowest BCUT2D eigenvalue weighted by Gasteiger charge is -2.17.